The second-order valence-corrected chi connectivity index (χ2v) is 10.8. The van der Waals surface area contributed by atoms with Crippen LogP contribution in [0, 0.1) is 28.6 Å². The van der Waals surface area contributed by atoms with Crippen LogP contribution in [0.15, 0.2) is 23.8 Å². The minimum absolute atomic E-state index is 0.124. The van der Waals surface area contributed by atoms with Crippen LogP contribution in [0.1, 0.15) is 53.4 Å². The molecule has 3 saturated carbocycles. The highest BCUT2D eigenvalue weighted by Crippen LogP contribution is 2.77. The van der Waals surface area contributed by atoms with Crippen molar-refractivity contribution in [2.45, 2.75) is 76.9 Å². The van der Waals surface area contributed by atoms with E-state index in [1.165, 1.54) is 12.2 Å². The van der Waals surface area contributed by atoms with Gasteiger partial charge in [-0.15, -0.1) is 0 Å². The molecule has 5 rings (SSSR count). The first-order valence-corrected chi connectivity index (χ1v) is 11.6. The van der Waals surface area contributed by atoms with Crippen LogP contribution in [-0.4, -0.2) is 52.7 Å². The van der Waals surface area contributed by atoms with Crippen molar-refractivity contribution < 1.29 is 33.4 Å². The number of aliphatic hydroxyl groups excluding tert-OH is 1. The number of epoxide rings is 1. The molecule has 9 atom stereocenters. The molecule has 5 aliphatic rings. The summed E-state index contributed by atoms with van der Waals surface area (Å²) >= 11 is 0. The van der Waals surface area contributed by atoms with Crippen LogP contribution < -0.4 is 0 Å². The maximum Gasteiger partial charge on any atom is 0.306 e. The topological polar surface area (TPSA) is 93.2 Å². The predicted octanol–water partition coefficient (Wildman–Crippen LogP) is 2.87. The first-order chi connectivity index (χ1) is 15.0. The van der Waals surface area contributed by atoms with Gasteiger partial charge in [-0.3, -0.25) is 14.4 Å². The second-order valence-electron chi connectivity index (χ2n) is 10.8. The number of hydrogen-bond acceptors (Lipinski definition) is 6. The van der Waals surface area contributed by atoms with Crippen LogP contribution in [-0.2, 0) is 23.9 Å². The number of halogens is 1. The Morgan fingerprint density at radius 1 is 1.28 bits per heavy atom. The summed E-state index contributed by atoms with van der Waals surface area (Å²) in [6.07, 6.45) is 4.57. The zero-order chi connectivity index (χ0) is 23.3. The van der Waals surface area contributed by atoms with Gasteiger partial charge >= 0.3 is 5.97 Å². The van der Waals surface area contributed by atoms with E-state index in [1.54, 1.807) is 13.0 Å². The Bertz CT molecular complexity index is 971. The number of carbonyl (C=O) groups is 3. The van der Waals surface area contributed by atoms with Crippen molar-refractivity contribution in [3.8, 4) is 0 Å². The summed E-state index contributed by atoms with van der Waals surface area (Å²) in [6.45, 7) is 6.75. The number of ether oxygens (including phenoxy) is 2. The maximum absolute atomic E-state index is 15.6. The normalized spacial score (nSPS) is 50.5. The SMILES string of the molecule is CCC(=O)O[C@]1(C(=O)CO)C(C)C[C@H]2[C@@H]3CC(F)C4=CC(=O)C=C[C@]4(C)[C@]34OC4C[C@@]21C. The molecule has 1 saturated heterocycles. The fourth-order valence-corrected chi connectivity index (χ4v) is 8.20. The van der Waals surface area contributed by atoms with E-state index < -0.39 is 46.6 Å². The van der Waals surface area contributed by atoms with Gasteiger partial charge in [0.15, 0.2) is 11.4 Å². The monoisotopic (exact) mass is 446 g/mol. The maximum atomic E-state index is 15.6. The molecule has 32 heavy (non-hydrogen) atoms. The average molecular weight is 447 g/mol. The predicted molar refractivity (Wildman–Crippen MR) is 112 cm³/mol. The molecule has 1 aliphatic heterocycles. The number of aliphatic hydroxyl groups is 1. The fourth-order valence-electron chi connectivity index (χ4n) is 8.20. The van der Waals surface area contributed by atoms with Crippen molar-refractivity contribution in [2.24, 2.45) is 28.6 Å². The van der Waals surface area contributed by atoms with Crippen LogP contribution in [0.2, 0.25) is 0 Å². The van der Waals surface area contributed by atoms with Crippen molar-refractivity contribution in [1.82, 2.24) is 0 Å². The van der Waals surface area contributed by atoms with E-state index in [0.29, 0.717) is 18.4 Å². The highest BCUT2D eigenvalue weighted by atomic mass is 19.1. The highest BCUT2D eigenvalue weighted by Gasteiger charge is 2.83. The van der Waals surface area contributed by atoms with Crippen LogP contribution >= 0.6 is 0 Å². The molecule has 0 aromatic rings. The fraction of sp³-hybridized carbons (Fsp3) is 0.720. The number of rotatable bonds is 4. The van der Waals surface area contributed by atoms with Gasteiger partial charge in [0.25, 0.3) is 0 Å². The van der Waals surface area contributed by atoms with Gasteiger partial charge in [0.2, 0.25) is 5.78 Å². The molecule has 0 amide bonds. The summed E-state index contributed by atoms with van der Waals surface area (Å²) in [5, 5.41) is 9.86. The van der Waals surface area contributed by atoms with E-state index in [1.807, 2.05) is 20.8 Å². The van der Waals surface area contributed by atoms with Gasteiger partial charge in [-0.2, -0.15) is 0 Å². The van der Waals surface area contributed by atoms with Gasteiger partial charge in [0.05, 0.1) is 6.10 Å². The summed E-state index contributed by atoms with van der Waals surface area (Å²) in [5.41, 5.74) is -3.12. The summed E-state index contributed by atoms with van der Waals surface area (Å²) in [7, 11) is 0. The van der Waals surface area contributed by atoms with Gasteiger partial charge in [0.1, 0.15) is 18.4 Å². The van der Waals surface area contributed by atoms with E-state index in [-0.39, 0.29) is 42.5 Å². The Morgan fingerprint density at radius 2 is 2.00 bits per heavy atom. The standard InChI is InChI=1S/C25H31FO6/c1-5-21(30)32-24(19(29)12-27)13(2)8-15-16-10-18(26)17-9-14(28)6-7-22(17,3)25(16)20(31-25)11-23(15,24)4/h6-7,9,13,15-16,18,20,27H,5,8,10-12H2,1-4H3/t13?,15-,16-,18?,20?,22-,23-,24-,25-/m0/s1. The number of carbonyl (C=O) groups excluding carboxylic acids is 3. The van der Waals surface area contributed by atoms with Crippen molar-refractivity contribution in [3.05, 3.63) is 23.8 Å². The Balaban J connectivity index is 1.62. The molecule has 1 N–H and O–H groups in total. The quantitative estimate of drug-likeness (QED) is 0.527. The van der Waals surface area contributed by atoms with Gasteiger partial charge < -0.3 is 14.6 Å². The van der Waals surface area contributed by atoms with E-state index in [9.17, 15) is 19.5 Å². The van der Waals surface area contributed by atoms with Gasteiger partial charge in [-0.05, 0) is 55.7 Å². The van der Waals surface area contributed by atoms with Gasteiger partial charge in [-0.25, -0.2) is 4.39 Å². The van der Waals surface area contributed by atoms with Crippen LogP contribution in [0.25, 0.3) is 0 Å². The van der Waals surface area contributed by atoms with Crippen LogP contribution in [0.3, 0.4) is 0 Å². The molecule has 0 aromatic carbocycles. The van der Waals surface area contributed by atoms with E-state index in [4.69, 9.17) is 9.47 Å². The molecule has 0 radical (unpaired) electrons. The third kappa shape index (κ3) is 2.29. The van der Waals surface area contributed by atoms with Gasteiger partial charge in [0, 0.05) is 23.2 Å². The second kappa shape index (κ2) is 6.60. The number of esters is 1. The van der Waals surface area contributed by atoms with E-state index in [2.05, 4.69) is 0 Å². The molecule has 4 aliphatic carbocycles. The van der Waals surface area contributed by atoms with E-state index >= 15 is 4.39 Å². The van der Waals surface area contributed by atoms with Crippen molar-refractivity contribution in [3.63, 3.8) is 0 Å². The van der Waals surface area contributed by atoms with Crippen molar-refractivity contribution in [1.29, 1.82) is 0 Å². The van der Waals surface area contributed by atoms with Crippen LogP contribution in [0.4, 0.5) is 4.39 Å². The number of fused-ring (bicyclic) bond motifs is 3. The number of alkyl halides is 1. The molecule has 1 spiro atoms. The average Bonchev–Trinajstić information content (AvgIpc) is 3.43. The lowest BCUT2D eigenvalue weighted by Gasteiger charge is -2.56. The third-order valence-electron chi connectivity index (χ3n) is 9.58. The first kappa shape index (κ1) is 22.0. The molecule has 6 nitrogen and oxygen atoms in total. The summed E-state index contributed by atoms with van der Waals surface area (Å²) in [4.78, 5) is 37.7. The number of ketones is 2. The van der Waals surface area contributed by atoms with Crippen LogP contribution in [0.5, 0.6) is 0 Å². The third-order valence-corrected chi connectivity index (χ3v) is 9.58. The van der Waals surface area contributed by atoms with Gasteiger partial charge in [-0.1, -0.05) is 26.8 Å². The van der Waals surface area contributed by atoms with E-state index in [0.717, 1.165) is 0 Å². The molecule has 174 valence electrons. The zero-order valence-corrected chi connectivity index (χ0v) is 19.0. The first-order valence-electron chi connectivity index (χ1n) is 11.6. The highest BCUT2D eigenvalue weighted by molar-refractivity contribution is 6.01. The lowest BCUT2D eigenvalue weighted by atomic mass is 9.46. The number of Topliss-reactive ketones (excluding diaryl/α,β-unsaturated/α-hetero) is 1. The molecular formula is C25H31FO6. The largest absolute Gasteiger partial charge is 0.450 e. The van der Waals surface area contributed by atoms with Crippen molar-refractivity contribution >= 4 is 17.5 Å². The summed E-state index contributed by atoms with van der Waals surface area (Å²) < 4.78 is 27.9. The Hall–Kier alpha value is -1.86. The lowest BCUT2D eigenvalue weighted by Crippen LogP contribution is -2.64. The molecule has 3 unspecified atom stereocenters. The van der Waals surface area contributed by atoms with Crippen molar-refractivity contribution in [2.75, 3.05) is 6.61 Å². The Morgan fingerprint density at radius 3 is 2.66 bits per heavy atom. The molecular weight excluding hydrogens is 415 g/mol. The Labute approximate surface area is 187 Å². The molecule has 7 heteroatoms. The lowest BCUT2D eigenvalue weighted by molar-refractivity contribution is -0.193. The number of allylic oxidation sites excluding steroid dienone is 2. The smallest absolute Gasteiger partial charge is 0.306 e. The minimum Gasteiger partial charge on any atom is -0.450 e. The molecule has 0 bridgehead atoms. The molecule has 1 heterocycles. The summed E-state index contributed by atoms with van der Waals surface area (Å²) in [6, 6.07) is 0. The Kier molecular flexibility index (Phi) is 4.53. The number of hydrogen-bond donors (Lipinski definition) is 1. The summed E-state index contributed by atoms with van der Waals surface area (Å²) in [5.74, 6) is -1.81. The zero-order valence-electron chi connectivity index (χ0n) is 19.0. The molecule has 4 fully saturated rings. The minimum atomic E-state index is -1.46. The molecule has 0 aromatic heterocycles.